The summed E-state index contributed by atoms with van der Waals surface area (Å²) in [5.41, 5.74) is 8.39. The van der Waals surface area contributed by atoms with E-state index in [-0.39, 0.29) is 11.3 Å². The smallest absolute Gasteiger partial charge is 0.255 e. The van der Waals surface area contributed by atoms with Gasteiger partial charge in [-0.1, -0.05) is 6.07 Å². The third-order valence-corrected chi connectivity index (χ3v) is 4.78. The van der Waals surface area contributed by atoms with Crippen molar-refractivity contribution < 1.29 is 9.13 Å². The topological polar surface area (TPSA) is 94.0 Å². The Bertz CT molecular complexity index is 1360. The van der Waals surface area contributed by atoms with Crippen LogP contribution in [0.15, 0.2) is 65.7 Å². The van der Waals surface area contributed by atoms with Crippen molar-refractivity contribution in [2.75, 3.05) is 7.11 Å². The largest absolute Gasteiger partial charge is 0.494 e. The Hall–Kier alpha value is -4.00. The number of allylic oxidation sites excluding steroid dienone is 1. The minimum atomic E-state index is -0.512. The lowest BCUT2D eigenvalue weighted by Crippen LogP contribution is -2.18. The summed E-state index contributed by atoms with van der Waals surface area (Å²) in [7, 11) is 1.37. The molecule has 0 spiro atoms. The number of benzene rings is 2. The molecule has 0 atom stereocenters. The SMILES string of the molecule is COc1cc(-n2c(=O)ccc3cnc4ccc(/C(C=N)=C/N)cc4c32)ccc1F. The molecule has 3 N–H and O–H groups in total. The highest BCUT2D eigenvalue weighted by Gasteiger charge is 2.13. The summed E-state index contributed by atoms with van der Waals surface area (Å²) in [4.78, 5) is 17.3. The summed E-state index contributed by atoms with van der Waals surface area (Å²) < 4.78 is 20.5. The van der Waals surface area contributed by atoms with Gasteiger partial charge in [0, 0.05) is 47.1 Å². The first-order valence-corrected chi connectivity index (χ1v) is 8.78. The summed E-state index contributed by atoms with van der Waals surface area (Å²) in [6.45, 7) is 0. The maximum absolute atomic E-state index is 13.9. The number of hydrogen-bond donors (Lipinski definition) is 2. The molecular weight excluding hydrogens is 371 g/mol. The average Bonchev–Trinajstić information content (AvgIpc) is 2.75. The van der Waals surface area contributed by atoms with Crippen molar-refractivity contribution in [3.8, 4) is 11.4 Å². The van der Waals surface area contributed by atoms with Crippen LogP contribution in [-0.2, 0) is 0 Å². The van der Waals surface area contributed by atoms with Crippen molar-refractivity contribution in [1.82, 2.24) is 9.55 Å². The molecule has 0 bridgehead atoms. The number of nitrogens with two attached hydrogens (primary N) is 1. The maximum Gasteiger partial charge on any atom is 0.255 e. The molecule has 2 aromatic heterocycles. The number of halogens is 1. The molecule has 0 saturated heterocycles. The van der Waals surface area contributed by atoms with Gasteiger partial charge in [-0.05, 0) is 35.9 Å². The molecule has 0 fully saturated rings. The van der Waals surface area contributed by atoms with E-state index >= 15 is 0 Å². The van der Waals surface area contributed by atoms with Gasteiger partial charge in [-0.25, -0.2) is 4.39 Å². The zero-order valence-corrected chi connectivity index (χ0v) is 15.5. The molecule has 0 unspecified atom stereocenters. The van der Waals surface area contributed by atoms with Gasteiger partial charge in [0.1, 0.15) is 0 Å². The normalized spacial score (nSPS) is 11.7. The molecule has 144 valence electrons. The number of hydrogen-bond acceptors (Lipinski definition) is 5. The van der Waals surface area contributed by atoms with Crippen molar-refractivity contribution in [3.05, 3.63) is 82.7 Å². The van der Waals surface area contributed by atoms with Crippen LogP contribution in [0, 0.1) is 11.2 Å². The lowest BCUT2D eigenvalue weighted by atomic mass is 10.0. The predicted molar refractivity (Wildman–Crippen MR) is 112 cm³/mol. The Morgan fingerprint density at radius 1 is 1.21 bits per heavy atom. The van der Waals surface area contributed by atoms with Crippen LogP contribution in [0.3, 0.4) is 0 Å². The number of fused-ring (bicyclic) bond motifs is 3. The Balaban J connectivity index is 2.14. The van der Waals surface area contributed by atoms with Crippen LogP contribution in [0.25, 0.3) is 33.1 Å². The quantitative estimate of drug-likeness (QED) is 0.412. The Labute approximate surface area is 165 Å². The zero-order valence-electron chi connectivity index (χ0n) is 15.5. The van der Waals surface area contributed by atoms with E-state index in [1.165, 1.54) is 42.1 Å². The summed E-state index contributed by atoms with van der Waals surface area (Å²) in [5.74, 6) is -0.468. The second-order valence-electron chi connectivity index (χ2n) is 6.39. The highest BCUT2D eigenvalue weighted by atomic mass is 19.1. The van der Waals surface area contributed by atoms with Gasteiger partial charge in [0.2, 0.25) is 0 Å². The second-order valence-corrected chi connectivity index (χ2v) is 6.39. The van der Waals surface area contributed by atoms with E-state index in [0.717, 1.165) is 17.2 Å². The van der Waals surface area contributed by atoms with E-state index in [2.05, 4.69) is 4.98 Å². The third kappa shape index (κ3) is 3.02. The van der Waals surface area contributed by atoms with Crippen LogP contribution in [0.1, 0.15) is 5.56 Å². The molecule has 0 aliphatic rings. The van der Waals surface area contributed by atoms with E-state index in [9.17, 15) is 9.18 Å². The second kappa shape index (κ2) is 7.20. The molecule has 29 heavy (non-hydrogen) atoms. The molecule has 7 heteroatoms. The lowest BCUT2D eigenvalue weighted by molar-refractivity contribution is 0.386. The van der Waals surface area contributed by atoms with E-state index in [1.807, 2.05) is 18.2 Å². The molecule has 4 rings (SSSR count). The van der Waals surface area contributed by atoms with Crippen molar-refractivity contribution in [3.63, 3.8) is 0 Å². The van der Waals surface area contributed by atoms with E-state index in [1.54, 1.807) is 12.3 Å². The highest BCUT2D eigenvalue weighted by Crippen LogP contribution is 2.29. The fourth-order valence-corrected chi connectivity index (χ4v) is 3.36. The molecule has 0 saturated carbocycles. The van der Waals surface area contributed by atoms with Crippen molar-refractivity contribution >= 4 is 33.6 Å². The van der Waals surface area contributed by atoms with Crippen molar-refractivity contribution in [2.24, 2.45) is 5.73 Å². The molecule has 0 aliphatic carbocycles. The number of ether oxygens (including phenoxy) is 1. The summed E-state index contributed by atoms with van der Waals surface area (Å²) in [6, 6.07) is 12.9. The van der Waals surface area contributed by atoms with Gasteiger partial charge in [0.15, 0.2) is 11.6 Å². The van der Waals surface area contributed by atoms with Crippen LogP contribution in [0.2, 0.25) is 0 Å². The summed E-state index contributed by atoms with van der Waals surface area (Å²) >= 11 is 0. The number of aromatic nitrogens is 2. The first-order valence-electron chi connectivity index (χ1n) is 8.78. The van der Waals surface area contributed by atoms with Gasteiger partial charge in [0.25, 0.3) is 5.56 Å². The maximum atomic E-state index is 13.9. The lowest BCUT2D eigenvalue weighted by Gasteiger charge is -2.14. The third-order valence-electron chi connectivity index (χ3n) is 4.78. The monoisotopic (exact) mass is 388 g/mol. The predicted octanol–water partition coefficient (Wildman–Crippen LogP) is 3.64. The molecule has 4 aromatic rings. The van der Waals surface area contributed by atoms with E-state index < -0.39 is 5.82 Å². The molecule has 0 amide bonds. The zero-order chi connectivity index (χ0) is 20.5. The standard InChI is InChI=1S/C22H17FN4O2/c1-29-20-9-16(4-5-18(20)23)27-21(28)7-3-14-12-26-19-6-2-13(15(10-24)11-25)8-17(19)22(14)27/h2-12,24H,25H2,1H3/b15-11+,24-10?. The van der Waals surface area contributed by atoms with Gasteiger partial charge in [0.05, 0.1) is 23.8 Å². The molecule has 0 radical (unpaired) electrons. The molecule has 6 nitrogen and oxygen atoms in total. The van der Waals surface area contributed by atoms with Crippen LogP contribution < -0.4 is 16.0 Å². The van der Waals surface area contributed by atoms with Gasteiger partial charge in [-0.15, -0.1) is 0 Å². The van der Waals surface area contributed by atoms with Crippen molar-refractivity contribution in [1.29, 1.82) is 5.41 Å². The minimum absolute atomic E-state index is 0.0441. The molecule has 2 aromatic carbocycles. The molecule has 0 aliphatic heterocycles. The number of rotatable bonds is 4. The first kappa shape index (κ1) is 18.4. The van der Waals surface area contributed by atoms with Crippen LogP contribution in [0.5, 0.6) is 5.75 Å². The van der Waals surface area contributed by atoms with Crippen LogP contribution in [0.4, 0.5) is 4.39 Å². The average molecular weight is 388 g/mol. The van der Waals surface area contributed by atoms with Gasteiger partial charge in [-0.2, -0.15) is 0 Å². The van der Waals surface area contributed by atoms with Gasteiger partial charge < -0.3 is 15.9 Å². The number of methoxy groups -OCH3 is 1. The van der Waals surface area contributed by atoms with Gasteiger partial charge >= 0.3 is 0 Å². The van der Waals surface area contributed by atoms with Crippen LogP contribution in [-0.4, -0.2) is 22.9 Å². The summed E-state index contributed by atoms with van der Waals surface area (Å²) in [6.07, 6.45) is 4.20. The number of nitrogens with one attached hydrogen (secondary N) is 1. The van der Waals surface area contributed by atoms with Gasteiger partial charge in [-0.3, -0.25) is 14.3 Å². The Kier molecular flexibility index (Phi) is 4.56. The highest BCUT2D eigenvalue weighted by molar-refractivity contribution is 6.11. The first-order chi connectivity index (χ1) is 14.1. The number of pyridine rings is 2. The summed E-state index contributed by atoms with van der Waals surface area (Å²) in [5, 5.41) is 9.00. The number of nitrogens with zero attached hydrogens (tertiary/aromatic N) is 2. The fraction of sp³-hybridized carbons (Fsp3) is 0.0455. The van der Waals surface area contributed by atoms with E-state index in [0.29, 0.717) is 27.7 Å². The van der Waals surface area contributed by atoms with E-state index in [4.69, 9.17) is 15.9 Å². The Morgan fingerprint density at radius 2 is 2.03 bits per heavy atom. The van der Waals surface area contributed by atoms with Crippen molar-refractivity contribution in [2.45, 2.75) is 0 Å². The fourth-order valence-electron chi connectivity index (χ4n) is 3.36. The van der Waals surface area contributed by atoms with Crippen LogP contribution >= 0.6 is 0 Å². The Morgan fingerprint density at radius 3 is 2.76 bits per heavy atom. The minimum Gasteiger partial charge on any atom is -0.494 e. The molecular formula is C22H17FN4O2. The molecule has 2 heterocycles.